The Morgan fingerprint density at radius 2 is 1.87 bits per heavy atom. The summed E-state index contributed by atoms with van der Waals surface area (Å²) < 4.78 is 20.3. The Hall–Kier alpha value is -1.79. The highest BCUT2D eigenvalue weighted by atomic mass is 16.7. The molecule has 1 aromatic carbocycles. The summed E-state index contributed by atoms with van der Waals surface area (Å²) in [5, 5.41) is 0. The Kier molecular flexibility index (Phi) is 3.12. The molecular formula is C17H21BN2O3. The lowest BCUT2D eigenvalue weighted by atomic mass is 9.78. The molecule has 2 aliphatic rings. The number of rotatable bonds is 1. The molecule has 0 aliphatic carbocycles. The molecule has 0 saturated carbocycles. The average Bonchev–Trinajstić information content (AvgIpc) is 2.96. The fourth-order valence-corrected chi connectivity index (χ4v) is 2.96. The lowest BCUT2D eigenvalue weighted by molar-refractivity contribution is 0.00578. The Balaban J connectivity index is 1.71. The number of imidazole rings is 1. The summed E-state index contributed by atoms with van der Waals surface area (Å²) in [6, 6.07) is 6.09. The second-order valence-corrected chi connectivity index (χ2v) is 7.14. The van der Waals surface area contributed by atoms with Crippen molar-refractivity contribution < 1.29 is 14.0 Å². The van der Waals surface area contributed by atoms with Gasteiger partial charge >= 0.3 is 7.12 Å². The zero-order valence-electron chi connectivity index (χ0n) is 14.0. The molecule has 23 heavy (non-hydrogen) atoms. The molecule has 1 aromatic heterocycles. The largest absolute Gasteiger partial charge is 0.494 e. The van der Waals surface area contributed by atoms with E-state index in [0.717, 1.165) is 29.1 Å². The number of hydrogen-bond acceptors (Lipinski definition) is 4. The number of ether oxygens (including phenoxy) is 1. The van der Waals surface area contributed by atoms with Crippen molar-refractivity contribution in [3.8, 4) is 17.1 Å². The summed E-state index contributed by atoms with van der Waals surface area (Å²) in [4.78, 5) is 4.45. The van der Waals surface area contributed by atoms with Crippen molar-refractivity contribution in [3.63, 3.8) is 0 Å². The fourth-order valence-electron chi connectivity index (χ4n) is 2.96. The van der Waals surface area contributed by atoms with E-state index in [0.29, 0.717) is 6.61 Å². The van der Waals surface area contributed by atoms with Gasteiger partial charge in [-0.2, -0.15) is 0 Å². The van der Waals surface area contributed by atoms with Crippen molar-refractivity contribution >= 4 is 12.6 Å². The SMILES string of the molecule is CC1(C)OB(c2ccc3c(c2)OCCn2ccnc2-3)OC1(C)C. The maximum absolute atomic E-state index is 6.13. The molecule has 0 amide bonds. The van der Waals surface area contributed by atoms with Gasteiger partial charge in [-0.05, 0) is 45.3 Å². The minimum absolute atomic E-state index is 0.346. The van der Waals surface area contributed by atoms with Crippen molar-refractivity contribution in [1.82, 2.24) is 9.55 Å². The molecule has 1 fully saturated rings. The Morgan fingerprint density at radius 1 is 1.13 bits per heavy atom. The molecule has 0 bridgehead atoms. The third-order valence-corrected chi connectivity index (χ3v) is 5.08. The Morgan fingerprint density at radius 3 is 2.61 bits per heavy atom. The zero-order valence-corrected chi connectivity index (χ0v) is 14.0. The number of aromatic nitrogens is 2. The van der Waals surface area contributed by atoms with E-state index < -0.39 is 0 Å². The molecule has 0 N–H and O–H groups in total. The molecule has 0 atom stereocenters. The van der Waals surface area contributed by atoms with Gasteiger partial charge in [0.2, 0.25) is 0 Å². The van der Waals surface area contributed by atoms with E-state index in [1.165, 1.54) is 0 Å². The molecule has 0 unspecified atom stereocenters. The first-order valence-electron chi connectivity index (χ1n) is 8.01. The van der Waals surface area contributed by atoms with Crippen molar-refractivity contribution in [1.29, 1.82) is 0 Å². The second-order valence-electron chi connectivity index (χ2n) is 7.14. The fraction of sp³-hybridized carbons (Fsp3) is 0.471. The molecule has 2 aliphatic heterocycles. The minimum atomic E-state index is -0.378. The van der Waals surface area contributed by atoms with E-state index in [1.807, 2.05) is 30.6 Å². The van der Waals surface area contributed by atoms with Crippen LogP contribution in [0.15, 0.2) is 30.6 Å². The topological polar surface area (TPSA) is 45.5 Å². The lowest BCUT2D eigenvalue weighted by Gasteiger charge is -2.32. The van der Waals surface area contributed by atoms with Crippen LogP contribution in [0, 0.1) is 0 Å². The third-order valence-electron chi connectivity index (χ3n) is 5.08. The first kappa shape index (κ1) is 14.8. The monoisotopic (exact) mass is 312 g/mol. The third kappa shape index (κ3) is 2.28. The van der Waals surface area contributed by atoms with Crippen LogP contribution in [0.3, 0.4) is 0 Å². The summed E-state index contributed by atoms with van der Waals surface area (Å²) in [7, 11) is -0.378. The van der Waals surface area contributed by atoms with E-state index in [4.69, 9.17) is 14.0 Å². The van der Waals surface area contributed by atoms with Gasteiger partial charge in [0.25, 0.3) is 0 Å². The lowest BCUT2D eigenvalue weighted by Crippen LogP contribution is -2.41. The summed E-state index contributed by atoms with van der Waals surface area (Å²) in [6.07, 6.45) is 3.81. The van der Waals surface area contributed by atoms with Gasteiger partial charge in [0.05, 0.1) is 23.3 Å². The van der Waals surface area contributed by atoms with Gasteiger partial charge in [0, 0.05) is 12.4 Å². The van der Waals surface area contributed by atoms with Gasteiger partial charge in [-0.3, -0.25) is 0 Å². The molecule has 4 rings (SSSR count). The highest BCUT2D eigenvalue weighted by molar-refractivity contribution is 6.62. The predicted octanol–water partition coefficient (Wildman–Crippen LogP) is 2.24. The highest BCUT2D eigenvalue weighted by Gasteiger charge is 2.51. The van der Waals surface area contributed by atoms with Crippen molar-refractivity contribution in [2.24, 2.45) is 0 Å². The van der Waals surface area contributed by atoms with E-state index >= 15 is 0 Å². The molecule has 3 heterocycles. The molecule has 2 aromatic rings. The van der Waals surface area contributed by atoms with Crippen LogP contribution in [0.4, 0.5) is 0 Å². The average molecular weight is 312 g/mol. The molecule has 120 valence electrons. The smallest absolute Gasteiger partial charge is 0.491 e. The predicted molar refractivity (Wildman–Crippen MR) is 88.9 cm³/mol. The van der Waals surface area contributed by atoms with E-state index in [9.17, 15) is 0 Å². The van der Waals surface area contributed by atoms with Crippen LogP contribution in [0.25, 0.3) is 11.4 Å². The second kappa shape index (κ2) is 4.85. The van der Waals surface area contributed by atoms with Gasteiger partial charge in [0.1, 0.15) is 18.2 Å². The standard InChI is InChI=1S/C17H21BN2O3/c1-16(2)17(3,4)23-18(22-16)12-5-6-13-14(11-12)21-10-9-20-8-7-19-15(13)20/h5-8,11H,9-10H2,1-4H3. The van der Waals surface area contributed by atoms with Gasteiger partial charge in [-0.15, -0.1) is 0 Å². The van der Waals surface area contributed by atoms with Crippen LogP contribution in [-0.2, 0) is 15.9 Å². The van der Waals surface area contributed by atoms with Gasteiger partial charge in [-0.25, -0.2) is 4.98 Å². The van der Waals surface area contributed by atoms with Crippen LogP contribution in [0.2, 0.25) is 0 Å². The normalized spacial score (nSPS) is 21.3. The van der Waals surface area contributed by atoms with Crippen LogP contribution in [0.5, 0.6) is 5.75 Å². The van der Waals surface area contributed by atoms with Crippen LogP contribution in [0.1, 0.15) is 27.7 Å². The number of hydrogen-bond donors (Lipinski definition) is 0. The van der Waals surface area contributed by atoms with Crippen molar-refractivity contribution in [2.75, 3.05) is 6.61 Å². The van der Waals surface area contributed by atoms with Gasteiger partial charge in [0.15, 0.2) is 0 Å². The Labute approximate surface area is 136 Å². The van der Waals surface area contributed by atoms with E-state index in [-0.39, 0.29) is 18.3 Å². The first-order chi connectivity index (χ1) is 10.9. The number of fused-ring (bicyclic) bond motifs is 3. The first-order valence-corrected chi connectivity index (χ1v) is 8.01. The summed E-state index contributed by atoms with van der Waals surface area (Å²) >= 11 is 0. The number of nitrogens with zero attached hydrogens (tertiary/aromatic N) is 2. The Bertz CT molecular complexity index is 738. The summed E-state index contributed by atoms with van der Waals surface area (Å²) in [5.41, 5.74) is 1.29. The van der Waals surface area contributed by atoms with Gasteiger partial charge in [-0.1, -0.05) is 6.07 Å². The quantitative estimate of drug-likeness (QED) is 0.758. The van der Waals surface area contributed by atoms with E-state index in [2.05, 4.69) is 37.2 Å². The molecule has 6 heteroatoms. The van der Waals surface area contributed by atoms with Crippen LogP contribution >= 0.6 is 0 Å². The summed E-state index contributed by atoms with van der Waals surface area (Å²) in [6.45, 7) is 9.67. The van der Waals surface area contributed by atoms with Crippen LogP contribution < -0.4 is 10.2 Å². The maximum atomic E-state index is 6.13. The van der Waals surface area contributed by atoms with Crippen molar-refractivity contribution in [2.45, 2.75) is 45.4 Å². The molecule has 0 radical (unpaired) electrons. The summed E-state index contributed by atoms with van der Waals surface area (Å²) in [5.74, 6) is 1.78. The van der Waals surface area contributed by atoms with E-state index in [1.54, 1.807) is 0 Å². The van der Waals surface area contributed by atoms with Gasteiger partial charge < -0.3 is 18.6 Å². The molecule has 0 spiro atoms. The molecule has 1 saturated heterocycles. The minimum Gasteiger partial charge on any atom is -0.491 e. The zero-order chi connectivity index (χ0) is 16.2. The number of benzene rings is 1. The highest BCUT2D eigenvalue weighted by Crippen LogP contribution is 2.37. The maximum Gasteiger partial charge on any atom is 0.494 e. The van der Waals surface area contributed by atoms with Crippen LogP contribution in [-0.4, -0.2) is 34.5 Å². The van der Waals surface area contributed by atoms with Crippen molar-refractivity contribution in [3.05, 3.63) is 30.6 Å². The molecule has 5 nitrogen and oxygen atoms in total. The molecular weight excluding hydrogens is 291 g/mol.